The van der Waals surface area contributed by atoms with Gasteiger partial charge in [0.05, 0.1) is 0 Å². The molecule has 0 spiro atoms. The van der Waals surface area contributed by atoms with Crippen LogP contribution in [0.15, 0.2) is 18.2 Å². The molecule has 0 aliphatic rings. The number of terminal acetylenes is 1. The summed E-state index contributed by atoms with van der Waals surface area (Å²) in [6.07, 6.45) is 5.96. The van der Waals surface area contributed by atoms with E-state index in [-0.39, 0.29) is 5.91 Å². The lowest BCUT2D eigenvalue weighted by Gasteiger charge is -2.08. The van der Waals surface area contributed by atoms with E-state index < -0.39 is 0 Å². The highest BCUT2D eigenvalue weighted by atomic mass is 16.1. The van der Waals surface area contributed by atoms with Crippen LogP contribution in [0.25, 0.3) is 0 Å². The Morgan fingerprint density at radius 3 is 2.87 bits per heavy atom. The molecule has 0 saturated heterocycles. The Kier molecular flexibility index (Phi) is 3.93. The zero-order chi connectivity index (χ0) is 11.3. The van der Waals surface area contributed by atoms with Crippen LogP contribution in [0, 0.1) is 26.2 Å². The summed E-state index contributed by atoms with van der Waals surface area (Å²) >= 11 is 0. The number of benzene rings is 1. The van der Waals surface area contributed by atoms with E-state index >= 15 is 0 Å². The fraction of sp³-hybridized carbons (Fsp3) is 0.308. The Morgan fingerprint density at radius 2 is 2.20 bits per heavy atom. The van der Waals surface area contributed by atoms with Crippen molar-refractivity contribution < 1.29 is 4.79 Å². The molecule has 1 aromatic carbocycles. The predicted molar refractivity (Wildman–Crippen MR) is 62.6 cm³/mol. The van der Waals surface area contributed by atoms with Crippen molar-refractivity contribution in [3.8, 4) is 12.3 Å². The van der Waals surface area contributed by atoms with Gasteiger partial charge in [0, 0.05) is 18.5 Å². The molecule has 0 radical (unpaired) electrons. The number of rotatable bonds is 3. The quantitative estimate of drug-likeness (QED) is 0.748. The molecule has 15 heavy (non-hydrogen) atoms. The van der Waals surface area contributed by atoms with Crippen LogP contribution in [0.4, 0.5) is 5.69 Å². The predicted octanol–water partition coefficient (Wildman–Crippen LogP) is 2.66. The zero-order valence-corrected chi connectivity index (χ0v) is 9.13. The molecule has 78 valence electrons. The first-order valence-corrected chi connectivity index (χ1v) is 4.94. The van der Waals surface area contributed by atoms with Crippen molar-refractivity contribution in [3.63, 3.8) is 0 Å². The molecule has 1 N–H and O–H groups in total. The van der Waals surface area contributed by atoms with Crippen LogP contribution in [0.3, 0.4) is 0 Å². The van der Waals surface area contributed by atoms with E-state index in [1.165, 1.54) is 0 Å². The molecule has 2 heteroatoms. The average molecular weight is 201 g/mol. The Hall–Kier alpha value is -1.75. The van der Waals surface area contributed by atoms with Gasteiger partial charge >= 0.3 is 0 Å². The Balaban J connectivity index is 2.68. The number of anilines is 1. The molecular weight excluding hydrogens is 186 g/mol. The van der Waals surface area contributed by atoms with E-state index in [1.54, 1.807) is 0 Å². The third-order valence-corrected chi connectivity index (χ3v) is 2.16. The maximum Gasteiger partial charge on any atom is 0.225 e. The Labute approximate surface area is 90.7 Å². The SMILES string of the molecule is C#CCCC(=O)Nc1cc(C)ccc1C. The summed E-state index contributed by atoms with van der Waals surface area (Å²) in [5.41, 5.74) is 3.07. The van der Waals surface area contributed by atoms with Gasteiger partial charge < -0.3 is 5.32 Å². The minimum Gasteiger partial charge on any atom is -0.326 e. The van der Waals surface area contributed by atoms with Gasteiger partial charge in [0.15, 0.2) is 0 Å². The highest BCUT2D eigenvalue weighted by molar-refractivity contribution is 5.91. The van der Waals surface area contributed by atoms with Crippen molar-refractivity contribution in [1.82, 2.24) is 0 Å². The lowest BCUT2D eigenvalue weighted by Crippen LogP contribution is -2.11. The van der Waals surface area contributed by atoms with Gasteiger partial charge in [-0.25, -0.2) is 0 Å². The minimum absolute atomic E-state index is 0.0262. The number of nitrogens with one attached hydrogen (secondary N) is 1. The molecule has 0 atom stereocenters. The lowest BCUT2D eigenvalue weighted by atomic mass is 10.1. The van der Waals surface area contributed by atoms with Crippen molar-refractivity contribution in [3.05, 3.63) is 29.3 Å². The number of carbonyl (C=O) groups is 1. The molecule has 0 fully saturated rings. The molecule has 0 saturated carbocycles. The second-order valence-corrected chi connectivity index (χ2v) is 3.57. The number of hydrogen-bond acceptors (Lipinski definition) is 1. The van der Waals surface area contributed by atoms with E-state index in [4.69, 9.17) is 6.42 Å². The third kappa shape index (κ3) is 3.47. The highest BCUT2D eigenvalue weighted by Gasteiger charge is 2.03. The Bertz CT molecular complexity index is 401. The molecule has 0 bridgehead atoms. The van der Waals surface area contributed by atoms with E-state index in [9.17, 15) is 4.79 Å². The van der Waals surface area contributed by atoms with Gasteiger partial charge in [0.2, 0.25) is 5.91 Å². The van der Waals surface area contributed by atoms with Gasteiger partial charge in [0.1, 0.15) is 0 Å². The summed E-state index contributed by atoms with van der Waals surface area (Å²) in [6, 6.07) is 5.97. The minimum atomic E-state index is -0.0262. The maximum atomic E-state index is 11.4. The monoisotopic (exact) mass is 201 g/mol. The third-order valence-electron chi connectivity index (χ3n) is 2.16. The molecular formula is C13H15NO. The molecule has 1 aromatic rings. The summed E-state index contributed by atoms with van der Waals surface area (Å²) in [6.45, 7) is 3.97. The van der Waals surface area contributed by atoms with Crippen molar-refractivity contribution in [1.29, 1.82) is 0 Å². The molecule has 0 unspecified atom stereocenters. The second kappa shape index (κ2) is 5.21. The van der Waals surface area contributed by atoms with Crippen molar-refractivity contribution in [2.45, 2.75) is 26.7 Å². The molecule has 1 rings (SSSR count). The van der Waals surface area contributed by atoms with E-state index in [0.29, 0.717) is 12.8 Å². The van der Waals surface area contributed by atoms with Crippen molar-refractivity contribution in [2.75, 3.05) is 5.32 Å². The zero-order valence-electron chi connectivity index (χ0n) is 9.13. The summed E-state index contributed by atoms with van der Waals surface area (Å²) in [5.74, 6) is 2.42. The van der Waals surface area contributed by atoms with Crippen LogP contribution in [0.1, 0.15) is 24.0 Å². The topological polar surface area (TPSA) is 29.1 Å². The summed E-state index contributed by atoms with van der Waals surface area (Å²) in [4.78, 5) is 11.4. The fourth-order valence-corrected chi connectivity index (χ4v) is 1.27. The first kappa shape index (κ1) is 11.3. The van der Waals surface area contributed by atoms with Crippen LogP contribution in [0.5, 0.6) is 0 Å². The largest absolute Gasteiger partial charge is 0.326 e. The maximum absolute atomic E-state index is 11.4. The molecule has 0 heterocycles. The number of hydrogen-bond donors (Lipinski definition) is 1. The number of amides is 1. The van der Waals surface area contributed by atoms with E-state index in [1.807, 2.05) is 32.0 Å². The van der Waals surface area contributed by atoms with E-state index in [2.05, 4.69) is 11.2 Å². The van der Waals surface area contributed by atoms with Crippen LogP contribution in [-0.4, -0.2) is 5.91 Å². The van der Waals surface area contributed by atoms with Crippen molar-refractivity contribution >= 4 is 11.6 Å². The Morgan fingerprint density at radius 1 is 1.47 bits per heavy atom. The molecule has 0 aromatic heterocycles. The van der Waals surface area contributed by atoms with Crippen LogP contribution < -0.4 is 5.32 Å². The smallest absolute Gasteiger partial charge is 0.225 e. The van der Waals surface area contributed by atoms with Crippen LogP contribution >= 0.6 is 0 Å². The van der Waals surface area contributed by atoms with Gasteiger partial charge in [0.25, 0.3) is 0 Å². The van der Waals surface area contributed by atoms with Crippen molar-refractivity contribution in [2.24, 2.45) is 0 Å². The fourth-order valence-electron chi connectivity index (χ4n) is 1.27. The van der Waals surface area contributed by atoms with Crippen LogP contribution in [0.2, 0.25) is 0 Å². The first-order chi connectivity index (χ1) is 7.13. The van der Waals surface area contributed by atoms with E-state index in [0.717, 1.165) is 16.8 Å². The van der Waals surface area contributed by atoms with Gasteiger partial charge in [-0.1, -0.05) is 12.1 Å². The van der Waals surface area contributed by atoms with Gasteiger partial charge in [-0.2, -0.15) is 0 Å². The van der Waals surface area contributed by atoms with Crippen LogP contribution in [-0.2, 0) is 4.79 Å². The summed E-state index contributed by atoms with van der Waals surface area (Å²) in [5, 5.41) is 2.85. The average Bonchev–Trinajstić information content (AvgIpc) is 2.20. The van der Waals surface area contributed by atoms with Gasteiger partial charge in [-0.05, 0) is 31.0 Å². The van der Waals surface area contributed by atoms with Gasteiger partial charge in [-0.3, -0.25) is 4.79 Å². The standard InChI is InChI=1S/C13H15NO/c1-4-5-6-13(15)14-12-9-10(2)7-8-11(12)3/h1,7-9H,5-6H2,2-3H3,(H,14,15). The summed E-state index contributed by atoms with van der Waals surface area (Å²) in [7, 11) is 0. The van der Waals surface area contributed by atoms with Gasteiger partial charge in [-0.15, -0.1) is 12.3 Å². The highest BCUT2D eigenvalue weighted by Crippen LogP contribution is 2.16. The number of aryl methyl sites for hydroxylation is 2. The molecule has 0 aliphatic carbocycles. The molecule has 0 aliphatic heterocycles. The first-order valence-electron chi connectivity index (χ1n) is 4.94. The molecule has 1 amide bonds. The summed E-state index contributed by atoms with van der Waals surface area (Å²) < 4.78 is 0. The second-order valence-electron chi connectivity index (χ2n) is 3.57. The molecule has 2 nitrogen and oxygen atoms in total. The normalized spacial score (nSPS) is 9.40. The number of carbonyl (C=O) groups excluding carboxylic acids is 1. The lowest BCUT2D eigenvalue weighted by molar-refractivity contribution is -0.116.